The summed E-state index contributed by atoms with van der Waals surface area (Å²) < 4.78 is 5.34. The van der Waals surface area contributed by atoms with Crippen LogP contribution in [-0.4, -0.2) is 36.3 Å². The molecular weight excluding hydrogens is 262 g/mol. The van der Waals surface area contributed by atoms with Crippen LogP contribution < -0.4 is 4.74 Å². The Hall–Kier alpha value is -1.50. The highest BCUT2D eigenvalue weighted by atomic mass is 16.5. The first-order valence-corrected chi connectivity index (χ1v) is 7.75. The molecule has 3 nitrogen and oxygen atoms in total. The molecule has 1 saturated heterocycles. The van der Waals surface area contributed by atoms with Crippen molar-refractivity contribution in [3.8, 4) is 17.6 Å². The standard InChI is InChI=1S/C18H25NO2/c1-15-7-4-3-5-11-19(15)14-17-13-18(21-2)10-9-16(17)8-6-12-20/h9-10,13,15,20H,3-5,7,11-12,14H2,1-2H3. The molecule has 1 unspecified atom stereocenters. The Morgan fingerprint density at radius 2 is 2.19 bits per heavy atom. The maximum Gasteiger partial charge on any atom is 0.119 e. The monoisotopic (exact) mass is 287 g/mol. The molecule has 1 N–H and O–H groups in total. The molecule has 0 aliphatic carbocycles. The summed E-state index contributed by atoms with van der Waals surface area (Å²) in [4.78, 5) is 2.53. The largest absolute Gasteiger partial charge is 0.497 e. The molecule has 114 valence electrons. The molecule has 1 atom stereocenters. The third-order valence-corrected chi connectivity index (χ3v) is 4.18. The Labute approximate surface area is 127 Å². The number of ether oxygens (including phenoxy) is 1. The Morgan fingerprint density at radius 1 is 1.33 bits per heavy atom. The fraction of sp³-hybridized carbons (Fsp3) is 0.556. The van der Waals surface area contributed by atoms with Crippen LogP contribution in [0.5, 0.6) is 5.75 Å². The summed E-state index contributed by atoms with van der Waals surface area (Å²) in [5.74, 6) is 6.66. The lowest BCUT2D eigenvalue weighted by atomic mass is 10.1. The number of methoxy groups -OCH3 is 1. The Kier molecular flexibility index (Phi) is 6.10. The van der Waals surface area contributed by atoms with E-state index in [9.17, 15) is 0 Å². The number of likely N-dealkylation sites (tertiary alicyclic amines) is 1. The van der Waals surface area contributed by atoms with Crippen molar-refractivity contribution in [2.24, 2.45) is 0 Å². The van der Waals surface area contributed by atoms with E-state index in [4.69, 9.17) is 9.84 Å². The second-order valence-electron chi connectivity index (χ2n) is 5.65. The van der Waals surface area contributed by atoms with Crippen molar-refractivity contribution in [2.45, 2.75) is 45.2 Å². The zero-order valence-corrected chi connectivity index (χ0v) is 13.1. The van der Waals surface area contributed by atoms with E-state index in [1.165, 1.54) is 31.2 Å². The van der Waals surface area contributed by atoms with Gasteiger partial charge in [-0.15, -0.1) is 0 Å². The van der Waals surface area contributed by atoms with Crippen LogP contribution in [-0.2, 0) is 6.54 Å². The lowest BCUT2D eigenvalue weighted by Crippen LogP contribution is -2.32. The molecule has 1 fully saturated rings. The number of nitrogens with zero attached hydrogens (tertiary/aromatic N) is 1. The maximum absolute atomic E-state index is 8.91. The maximum atomic E-state index is 8.91. The topological polar surface area (TPSA) is 32.7 Å². The highest BCUT2D eigenvalue weighted by Gasteiger charge is 2.18. The van der Waals surface area contributed by atoms with Crippen molar-refractivity contribution < 1.29 is 9.84 Å². The van der Waals surface area contributed by atoms with Gasteiger partial charge in [-0.1, -0.05) is 24.7 Å². The van der Waals surface area contributed by atoms with Gasteiger partial charge in [-0.25, -0.2) is 0 Å². The molecule has 0 spiro atoms. The van der Waals surface area contributed by atoms with Gasteiger partial charge in [0.15, 0.2) is 0 Å². The summed E-state index contributed by atoms with van der Waals surface area (Å²) >= 11 is 0. The summed E-state index contributed by atoms with van der Waals surface area (Å²) in [5, 5.41) is 8.91. The van der Waals surface area contributed by atoms with Gasteiger partial charge in [-0.3, -0.25) is 4.90 Å². The average molecular weight is 287 g/mol. The quantitative estimate of drug-likeness (QED) is 0.868. The summed E-state index contributed by atoms with van der Waals surface area (Å²) in [6.45, 7) is 4.25. The molecule has 21 heavy (non-hydrogen) atoms. The van der Waals surface area contributed by atoms with Gasteiger partial charge in [0.25, 0.3) is 0 Å². The fourth-order valence-corrected chi connectivity index (χ4v) is 2.87. The number of hydrogen-bond donors (Lipinski definition) is 1. The minimum atomic E-state index is -0.106. The SMILES string of the molecule is COc1ccc(C#CCO)c(CN2CCCCCC2C)c1. The number of aliphatic hydroxyl groups excluding tert-OH is 1. The van der Waals surface area contributed by atoms with Gasteiger partial charge in [-0.2, -0.15) is 0 Å². The van der Waals surface area contributed by atoms with Crippen LogP contribution in [0.3, 0.4) is 0 Å². The zero-order chi connectivity index (χ0) is 15.1. The van der Waals surface area contributed by atoms with Crippen molar-refractivity contribution in [1.82, 2.24) is 4.90 Å². The summed E-state index contributed by atoms with van der Waals surface area (Å²) in [6, 6.07) is 6.59. The highest BCUT2D eigenvalue weighted by Crippen LogP contribution is 2.23. The Morgan fingerprint density at radius 3 is 2.95 bits per heavy atom. The molecule has 1 aliphatic heterocycles. The van der Waals surface area contributed by atoms with Gasteiger partial charge in [-0.05, 0) is 50.1 Å². The van der Waals surface area contributed by atoms with Crippen molar-refractivity contribution in [1.29, 1.82) is 0 Å². The summed E-state index contributed by atoms with van der Waals surface area (Å²) in [5.41, 5.74) is 2.17. The van der Waals surface area contributed by atoms with E-state index >= 15 is 0 Å². The van der Waals surface area contributed by atoms with Crippen LogP contribution in [0.25, 0.3) is 0 Å². The summed E-state index contributed by atoms with van der Waals surface area (Å²) in [7, 11) is 1.69. The van der Waals surface area contributed by atoms with Crippen LogP contribution in [0, 0.1) is 11.8 Å². The molecule has 1 heterocycles. The van der Waals surface area contributed by atoms with Crippen molar-refractivity contribution in [2.75, 3.05) is 20.3 Å². The molecule has 0 saturated carbocycles. The van der Waals surface area contributed by atoms with E-state index in [0.717, 1.165) is 24.4 Å². The summed E-state index contributed by atoms with van der Waals surface area (Å²) in [6.07, 6.45) is 5.19. The molecular formula is C18H25NO2. The molecule has 1 aromatic carbocycles. The van der Waals surface area contributed by atoms with E-state index < -0.39 is 0 Å². The van der Waals surface area contributed by atoms with Crippen LogP contribution in [0.4, 0.5) is 0 Å². The first kappa shape index (κ1) is 15.9. The van der Waals surface area contributed by atoms with Crippen molar-refractivity contribution in [3.05, 3.63) is 29.3 Å². The number of aliphatic hydroxyl groups is 1. The van der Waals surface area contributed by atoms with Gasteiger partial charge < -0.3 is 9.84 Å². The van der Waals surface area contributed by atoms with Crippen LogP contribution in [0.2, 0.25) is 0 Å². The highest BCUT2D eigenvalue weighted by molar-refractivity contribution is 5.45. The van der Waals surface area contributed by atoms with Crippen molar-refractivity contribution in [3.63, 3.8) is 0 Å². The van der Waals surface area contributed by atoms with E-state index in [1.807, 2.05) is 12.1 Å². The normalized spacial score (nSPS) is 19.5. The molecule has 0 bridgehead atoms. The van der Waals surface area contributed by atoms with Crippen LogP contribution in [0.1, 0.15) is 43.7 Å². The predicted octanol–water partition coefficient (Wildman–Crippen LogP) is 2.80. The van der Waals surface area contributed by atoms with Gasteiger partial charge in [0.2, 0.25) is 0 Å². The van der Waals surface area contributed by atoms with Gasteiger partial charge in [0, 0.05) is 18.2 Å². The minimum Gasteiger partial charge on any atom is -0.497 e. The molecule has 2 rings (SSSR count). The molecule has 3 heteroatoms. The molecule has 0 aromatic heterocycles. The second kappa shape index (κ2) is 8.07. The van der Waals surface area contributed by atoms with Gasteiger partial charge in [0.1, 0.15) is 12.4 Å². The van der Waals surface area contributed by atoms with Gasteiger partial charge >= 0.3 is 0 Å². The van der Waals surface area contributed by atoms with Crippen LogP contribution in [0.15, 0.2) is 18.2 Å². The number of benzene rings is 1. The lowest BCUT2D eigenvalue weighted by molar-refractivity contribution is 0.204. The molecule has 1 aromatic rings. The second-order valence-corrected chi connectivity index (χ2v) is 5.65. The smallest absolute Gasteiger partial charge is 0.119 e. The fourth-order valence-electron chi connectivity index (χ4n) is 2.87. The lowest BCUT2D eigenvalue weighted by Gasteiger charge is -2.27. The minimum absolute atomic E-state index is 0.106. The van der Waals surface area contributed by atoms with Gasteiger partial charge in [0.05, 0.1) is 7.11 Å². The van der Waals surface area contributed by atoms with E-state index in [0.29, 0.717) is 6.04 Å². The third-order valence-electron chi connectivity index (χ3n) is 4.18. The zero-order valence-electron chi connectivity index (χ0n) is 13.1. The average Bonchev–Trinajstić information content (AvgIpc) is 2.71. The van der Waals surface area contributed by atoms with Crippen molar-refractivity contribution >= 4 is 0 Å². The first-order valence-electron chi connectivity index (χ1n) is 7.75. The first-order chi connectivity index (χ1) is 10.2. The van der Waals surface area contributed by atoms with E-state index in [2.05, 4.69) is 29.7 Å². The molecule has 0 radical (unpaired) electrons. The Balaban J connectivity index is 2.23. The molecule has 0 amide bonds. The Bertz CT molecular complexity index is 516. The number of hydrogen-bond acceptors (Lipinski definition) is 3. The third kappa shape index (κ3) is 4.49. The predicted molar refractivity (Wildman–Crippen MR) is 85.3 cm³/mol. The number of rotatable bonds is 3. The molecule has 1 aliphatic rings. The van der Waals surface area contributed by atoms with E-state index in [1.54, 1.807) is 7.11 Å². The van der Waals surface area contributed by atoms with Crippen LogP contribution >= 0.6 is 0 Å². The van der Waals surface area contributed by atoms with E-state index in [-0.39, 0.29) is 6.61 Å².